The molecule has 2 unspecified atom stereocenters. The Bertz CT molecular complexity index is 884. The molecule has 7 heteroatoms. The number of H-pyrrole nitrogens is 1. The number of aromatic nitrogens is 2. The van der Waals surface area contributed by atoms with Gasteiger partial charge in [0.15, 0.2) is 0 Å². The van der Waals surface area contributed by atoms with Gasteiger partial charge in [0.05, 0.1) is 10.9 Å². The molecule has 2 aromatic rings. The van der Waals surface area contributed by atoms with Gasteiger partial charge in [-0.3, -0.25) is 19.1 Å². The quantitative estimate of drug-likeness (QED) is 0.857. The Labute approximate surface area is 145 Å². The van der Waals surface area contributed by atoms with Crippen LogP contribution in [0.15, 0.2) is 33.9 Å². The van der Waals surface area contributed by atoms with Gasteiger partial charge in [-0.15, -0.1) is 0 Å². The van der Waals surface area contributed by atoms with Gasteiger partial charge in [-0.1, -0.05) is 12.1 Å². The molecule has 2 atom stereocenters. The molecule has 2 heterocycles. The van der Waals surface area contributed by atoms with Gasteiger partial charge >= 0.3 is 5.69 Å². The first-order valence-electron chi connectivity index (χ1n) is 8.76. The fourth-order valence-electron chi connectivity index (χ4n) is 3.63. The van der Waals surface area contributed by atoms with Crippen LogP contribution in [0.4, 0.5) is 0 Å². The molecule has 3 rings (SSSR count). The number of amides is 1. The summed E-state index contributed by atoms with van der Waals surface area (Å²) >= 11 is 0. The molecule has 7 nitrogen and oxygen atoms in total. The van der Waals surface area contributed by atoms with E-state index in [-0.39, 0.29) is 31.0 Å². The lowest BCUT2D eigenvalue weighted by Crippen LogP contribution is -2.51. The number of nitrogens with one attached hydrogen (secondary N) is 1. The minimum Gasteiger partial charge on any atom is -0.338 e. The number of carbonyl (C=O) groups excluding carboxylic acids is 1. The highest BCUT2D eigenvalue weighted by atomic mass is 16.2. The number of likely N-dealkylation sites (tertiary alicyclic amines) is 1. The van der Waals surface area contributed by atoms with E-state index < -0.39 is 11.2 Å². The Kier molecular flexibility index (Phi) is 5.03. The Morgan fingerprint density at radius 3 is 2.84 bits per heavy atom. The van der Waals surface area contributed by atoms with Crippen LogP contribution in [0.2, 0.25) is 0 Å². The zero-order chi connectivity index (χ0) is 18.0. The average Bonchev–Trinajstić information content (AvgIpc) is 2.61. The number of piperidine rings is 1. The predicted octanol–water partition coefficient (Wildman–Crippen LogP) is 0.808. The highest BCUT2D eigenvalue weighted by molar-refractivity contribution is 5.79. The Morgan fingerprint density at radius 2 is 2.08 bits per heavy atom. The summed E-state index contributed by atoms with van der Waals surface area (Å²) in [6, 6.07) is 6.91. The van der Waals surface area contributed by atoms with E-state index in [4.69, 9.17) is 5.73 Å². The third kappa shape index (κ3) is 3.51. The highest BCUT2D eigenvalue weighted by Crippen LogP contribution is 2.20. The highest BCUT2D eigenvalue weighted by Gasteiger charge is 2.28. The van der Waals surface area contributed by atoms with Crippen molar-refractivity contribution in [1.29, 1.82) is 0 Å². The zero-order valence-electron chi connectivity index (χ0n) is 14.4. The van der Waals surface area contributed by atoms with Gasteiger partial charge < -0.3 is 10.6 Å². The molecule has 0 bridgehead atoms. The van der Waals surface area contributed by atoms with Crippen LogP contribution in [-0.2, 0) is 11.3 Å². The summed E-state index contributed by atoms with van der Waals surface area (Å²) in [4.78, 5) is 40.9. The first kappa shape index (κ1) is 17.4. The molecule has 1 aromatic carbocycles. The second-order valence-corrected chi connectivity index (χ2v) is 6.69. The number of hydrogen-bond acceptors (Lipinski definition) is 4. The molecule has 1 aliphatic heterocycles. The van der Waals surface area contributed by atoms with Crippen molar-refractivity contribution < 1.29 is 4.79 Å². The van der Waals surface area contributed by atoms with Crippen LogP contribution >= 0.6 is 0 Å². The van der Waals surface area contributed by atoms with Gasteiger partial charge in [-0.05, 0) is 38.3 Å². The normalized spacial score (nSPS) is 19.1. The second-order valence-electron chi connectivity index (χ2n) is 6.69. The molecule has 134 valence electrons. The van der Waals surface area contributed by atoms with Crippen molar-refractivity contribution in [1.82, 2.24) is 14.5 Å². The average molecular weight is 344 g/mol. The third-order valence-corrected chi connectivity index (χ3v) is 4.93. The van der Waals surface area contributed by atoms with Crippen molar-refractivity contribution in [2.45, 2.75) is 51.2 Å². The summed E-state index contributed by atoms with van der Waals surface area (Å²) in [5.41, 5.74) is 5.68. The first-order chi connectivity index (χ1) is 12.0. The molecule has 0 saturated carbocycles. The largest absolute Gasteiger partial charge is 0.338 e. The van der Waals surface area contributed by atoms with E-state index in [2.05, 4.69) is 4.98 Å². The van der Waals surface area contributed by atoms with Gasteiger partial charge in [-0.25, -0.2) is 4.79 Å². The maximum absolute atomic E-state index is 12.7. The Morgan fingerprint density at radius 1 is 1.32 bits per heavy atom. The summed E-state index contributed by atoms with van der Waals surface area (Å²) in [7, 11) is 0. The van der Waals surface area contributed by atoms with Crippen molar-refractivity contribution in [2.24, 2.45) is 5.73 Å². The van der Waals surface area contributed by atoms with E-state index in [0.717, 1.165) is 19.3 Å². The summed E-state index contributed by atoms with van der Waals surface area (Å²) in [5.74, 6) is 0.00387. The van der Waals surface area contributed by atoms with Gasteiger partial charge in [0.1, 0.15) is 0 Å². The van der Waals surface area contributed by atoms with Crippen molar-refractivity contribution in [2.75, 3.05) is 6.54 Å². The summed E-state index contributed by atoms with van der Waals surface area (Å²) in [5, 5.41) is 0.445. The molecule has 25 heavy (non-hydrogen) atoms. The van der Waals surface area contributed by atoms with Crippen LogP contribution in [0.3, 0.4) is 0 Å². The Balaban J connectivity index is 1.82. The fourth-order valence-corrected chi connectivity index (χ4v) is 3.63. The molecular weight excluding hydrogens is 320 g/mol. The maximum atomic E-state index is 12.7. The molecule has 0 aliphatic carbocycles. The molecule has 1 aromatic heterocycles. The van der Waals surface area contributed by atoms with Gasteiger partial charge in [0.2, 0.25) is 5.91 Å². The lowest BCUT2D eigenvalue weighted by atomic mass is 9.96. The lowest BCUT2D eigenvalue weighted by Gasteiger charge is -2.38. The Hall–Kier alpha value is -2.41. The molecular formula is C18H24N4O3. The van der Waals surface area contributed by atoms with Gasteiger partial charge in [0, 0.05) is 31.6 Å². The van der Waals surface area contributed by atoms with Crippen LogP contribution in [-0.4, -0.2) is 39.0 Å². The van der Waals surface area contributed by atoms with E-state index in [0.29, 0.717) is 17.4 Å². The smallest absolute Gasteiger partial charge is 0.328 e. The molecule has 3 N–H and O–H groups in total. The molecule has 1 fully saturated rings. The minimum absolute atomic E-state index is 0.00387. The molecule has 1 saturated heterocycles. The predicted molar refractivity (Wildman–Crippen MR) is 96.4 cm³/mol. The van der Waals surface area contributed by atoms with Crippen molar-refractivity contribution in [3.8, 4) is 0 Å². The summed E-state index contributed by atoms with van der Waals surface area (Å²) in [6.07, 6.45) is 3.20. The SMILES string of the molecule is CC(N)C1CCCCN1C(=O)CCn1c(=O)[nH]c(=O)c2ccccc21. The first-order valence-corrected chi connectivity index (χ1v) is 8.76. The summed E-state index contributed by atoms with van der Waals surface area (Å²) in [6.45, 7) is 2.87. The number of rotatable bonds is 4. The van der Waals surface area contributed by atoms with Crippen LogP contribution in [0, 0.1) is 0 Å². The van der Waals surface area contributed by atoms with E-state index in [1.165, 1.54) is 4.57 Å². The van der Waals surface area contributed by atoms with E-state index >= 15 is 0 Å². The van der Waals surface area contributed by atoms with Crippen LogP contribution in [0.5, 0.6) is 0 Å². The molecule has 1 amide bonds. The van der Waals surface area contributed by atoms with Crippen molar-refractivity contribution in [3.63, 3.8) is 0 Å². The number of hydrogen-bond donors (Lipinski definition) is 2. The number of benzene rings is 1. The van der Waals surface area contributed by atoms with E-state index in [1.54, 1.807) is 24.3 Å². The number of aromatic amines is 1. The minimum atomic E-state index is -0.487. The molecule has 0 spiro atoms. The standard InChI is InChI=1S/C18H24N4O3/c1-12(19)14-7-4-5-10-21(14)16(23)9-11-22-15-8-3-2-6-13(15)17(24)20-18(22)25/h2-3,6,8,12,14H,4-5,7,9-11,19H2,1H3,(H,20,24,25). The number of para-hydroxylation sites is 1. The van der Waals surface area contributed by atoms with E-state index in [1.807, 2.05) is 11.8 Å². The van der Waals surface area contributed by atoms with E-state index in [9.17, 15) is 14.4 Å². The van der Waals surface area contributed by atoms with Crippen LogP contribution < -0.4 is 17.0 Å². The maximum Gasteiger partial charge on any atom is 0.328 e. The number of nitrogens with zero attached hydrogens (tertiary/aromatic N) is 2. The molecule has 0 radical (unpaired) electrons. The topological polar surface area (TPSA) is 101 Å². The van der Waals surface area contributed by atoms with Crippen molar-refractivity contribution >= 4 is 16.8 Å². The second kappa shape index (κ2) is 7.23. The monoisotopic (exact) mass is 344 g/mol. The number of aryl methyl sites for hydroxylation is 1. The van der Waals surface area contributed by atoms with Gasteiger partial charge in [-0.2, -0.15) is 0 Å². The van der Waals surface area contributed by atoms with Gasteiger partial charge in [0.25, 0.3) is 5.56 Å². The number of carbonyl (C=O) groups is 1. The number of fused-ring (bicyclic) bond motifs is 1. The van der Waals surface area contributed by atoms with Crippen LogP contribution in [0.25, 0.3) is 10.9 Å². The zero-order valence-corrected chi connectivity index (χ0v) is 14.4. The molecule has 1 aliphatic rings. The third-order valence-electron chi connectivity index (χ3n) is 4.93. The lowest BCUT2D eigenvalue weighted by molar-refractivity contribution is -0.135. The van der Waals surface area contributed by atoms with Crippen molar-refractivity contribution in [3.05, 3.63) is 45.1 Å². The number of nitrogens with two attached hydrogens (primary N) is 1. The van der Waals surface area contributed by atoms with Crippen LogP contribution in [0.1, 0.15) is 32.6 Å². The fraction of sp³-hybridized carbons (Fsp3) is 0.500. The summed E-state index contributed by atoms with van der Waals surface area (Å²) < 4.78 is 1.46.